The van der Waals surface area contributed by atoms with Gasteiger partial charge in [-0.1, -0.05) is 6.07 Å². The van der Waals surface area contributed by atoms with Crippen molar-refractivity contribution in [3.63, 3.8) is 0 Å². The van der Waals surface area contributed by atoms with Gasteiger partial charge in [-0.05, 0) is 12.1 Å². The van der Waals surface area contributed by atoms with Gasteiger partial charge in [0.15, 0.2) is 0 Å². The molecule has 0 aliphatic carbocycles. The Labute approximate surface area is 62.1 Å². The average molecular weight is 146 g/mol. The average Bonchev–Trinajstić information content (AvgIpc) is 2.31. The van der Waals surface area contributed by atoms with E-state index in [1.807, 2.05) is 0 Å². The van der Waals surface area contributed by atoms with Crippen LogP contribution in [0.1, 0.15) is 0 Å². The van der Waals surface area contributed by atoms with Crippen molar-refractivity contribution in [3.05, 3.63) is 28.9 Å². The van der Waals surface area contributed by atoms with Crippen LogP contribution in [-0.4, -0.2) is 6.03 Å². The molecule has 0 saturated carbocycles. The van der Waals surface area contributed by atoms with E-state index in [1.165, 1.54) is 0 Å². The third kappa shape index (κ3) is 0.797. The SMILES string of the molecule is [NH]c1cccc2c1=NC(=O)N=2. The highest BCUT2D eigenvalue weighted by atomic mass is 16.2. The van der Waals surface area contributed by atoms with E-state index in [1.54, 1.807) is 18.2 Å². The summed E-state index contributed by atoms with van der Waals surface area (Å²) in [6.45, 7) is 0. The first-order chi connectivity index (χ1) is 5.27. The van der Waals surface area contributed by atoms with Crippen molar-refractivity contribution in [2.24, 2.45) is 9.98 Å². The summed E-state index contributed by atoms with van der Waals surface area (Å²) in [6, 6.07) is 4.41. The predicted octanol–water partition coefficient (Wildman–Crippen LogP) is -0.0262. The van der Waals surface area contributed by atoms with Crippen LogP contribution in [0.5, 0.6) is 0 Å². The number of carbonyl (C=O) groups excluding carboxylic acids is 1. The molecule has 1 aliphatic heterocycles. The van der Waals surface area contributed by atoms with Gasteiger partial charge in [0, 0.05) is 0 Å². The highest BCUT2D eigenvalue weighted by molar-refractivity contribution is 5.78. The third-order valence-corrected chi connectivity index (χ3v) is 1.44. The second kappa shape index (κ2) is 1.88. The first kappa shape index (κ1) is 6.03. The van der Waals surface area contributed by atoms with E-state index in [2.05, 4.69) is 9.98 Å². The quantitative estimate of drug-likeness (QED) is 0.507. The van der Waals surface area contributed by atoms with Crippen molar-refractivity contribution >= 4 is 11.7 Å². The van der Waals surface area contributed by atoms with E-state index >= 15 is 0 Å². The van der Waals surface area contributed by atoms with Crippen LogP contribution < -0.4 is 16.4 Å². The van der Waals surface area contributed by atoms with Gasteiger partial charge in [-0.25, -0.2) is 4.79 Å². The molecule has 2 rings (SSSR count). The number of fused-ring (bicyclic) bond motifs is 1. The fourth-order valence-corrected chi connectivity index (χ4v) is 0.963. The van der Waals surface area contributed by atoms with E-state index in [-0.39, 0.29) is 5.69 Å². The van der Waals surface area contributed by atoms with E-state index in [0.717, 1.165) is 0 Å². The molecule has 2 amide bonds. The molecule has 4 heteroatoms. The van der Waals surface area contributed by atoms with Crippen molar-refractivity contribution in [1.29, 1.82) is 0 Å². The minimum atomic E-state index is -0.514. The Kier molecular flexibility index (Phi) is 1.03. The lowest BCUT2D eigenvalue weighted by molar-refractivity contribution is 0.256. The standard InChI is InChI=1S/C7H4N3O/c8-4-2-1-3-5-6(4)10-7(11)9-5/h1-3,8H. The first-order valence-corrected chi connectivity index (χ1v) is 3.09. The van der Waals surface area contributed by atoms with Gasteiger partial charge in [-0.15, -0.1) is 0 Å². The largest absolute Gasteiger partial charge is 0.368 e. The molecule has 1 N–H and O–H groups in total. The Morgan fingerprint density at radius 1 is 1.27 bits per heavy atom. The molecule has 1 aromatic carbocycles. The summed E-state index contributed by atoms with van der Waals surface area (Å²) in [5.74, 6) is 0. The van der Waals surface area contributed by atoms with Crippen LogP contribution in [-0.2, 0) is 0 Å². The molecule has 1 aromatic rings. The van der Waals surface area contributed by atoms with Crippen LogP contribution in [0.4, 0.5) is 10.5 Å². The van der Waals surface area contributed by atoms with Crippen LogP contribution in [0.15, 0.2) is 28.2 Å². The summed E-state index contributed by atoms with van der Waals surface area (Å²) in [4.78, 5) is 17.8. The zero-order valence-electron chi connectivity index (χ0n) is 5.53. The number of nitrogens with one attached hydrogen (secondary N) is 1. The number of hydrogen-bond acceptors (Lipinski definition) is 1. The minimum absolute atomic E-state index is 0.247. The normalized spacial score (nSPS) is 13.6. The maximum atomic E-state index is 10.6. The second-order valence-corrected chi connectivity index (χ2v) is 2.18. The molecule has 1 heterocycles. The molecule has 53 valence electrons. The molecule has 0 aromatic heterocycles. The van der Waals surface area contributed by atoms with Gasteiger partial charge < -0.3 is 0 Å². The van der Waals surface area contributed by atoms with Gasteiger partial charge >= 0.3 is 6.03 Å². The Balaban J connectivity index is 2.97. The summed E-state index contributed by atoms with van der Waals surface area (Å²) in [5, 5.41) is 0.889. The number of urea groups is 1. The zero-order valence-corrected chi connectivity index (χ0v) is 5.53. The molecular formula is C7H4N3O. The molecule has 4 nitrogen and oxygen atoms in total. The van der Waals surface area contributed by atoms with Crippen molar-refractivity contribution in [1.82, 2.24) is 5.73 Å². The topological polar surface area (TPSA) is 65.6 Å². The summed E-state index contributed by atoms with van der Waals surface area (Å²) < 4.78 is 0. The number of para-hydroxylation sites is 1. The van der Waals surface area contributed by atoms with Crippen LogP contribution in [0.25, 0.3) is 0 Å². The van der Waals surface area contributed by atoms with E-state index in [9.17, 15) is 4.79 Å². The molecule has 0 fully saturated rings. The number of benzene rings is 1. The fraction of sp³-hybridized carbons (Fsp3) is 0. The molecule has 0 spiro atoms. The number of rotatable bonds is 0. The molecule has 0 unspecified atom stereocenters. The van der Waals surface area contributed by atoms with Crippen LogP contribution >= 0.6 is 0 Å². The minimum Gasteiger partial charge on any atom is -0.299 e. The summed E-state index contributed by atoms with van der Waals surface area (Å²) in [6.07, 6.45) is 0. The molecule has 0 saturated heterocycles. The number of nitrogens with zero attached hydrogens (tertiary/aromatic N) is 2. The summed E-state index contributed by atoms with van der Waals surface area (Å²) >= 11 is 0. The monoisotopic (exact) mass is 146 g/mol. The lowest BCUT2D eigenvalue weighted by atomic mass is 10.3. The van der Waals surface area contributed by atoms with Crippen LogP contribution in [0.3, 0.4) is 0 Å². The summed E-state index contributed by atoms with van der Waals surface area (Å²) in [5.41, 5.74) is 7.58. The Hall–Kier alpha value is -1.71. The molecule has 0 atom stereocenters. The number of hydrogen-bond donors (Lipinski definition) is 0. The molecule has 1 radical (unpaired) electrons. The second-order valence-electron chi connectivity index (χ2n) is 2.18. The lowest BCUT2D eigenvalue weighted by Gasteiger charge is -1.84. The van der Waals surface area contributed by atoms with Crippen molar-refractivity contribution in [2.75, 3.05) is 0 Å². The third-order valence-electron chi connectivity index (χ3n) is 1.44. The molecule has 1 aliphatic rings. The Morgan fingerprint density at radius 3 is 2.82 bits per heavy atom. The number of carbonyl (C=O) groups is 1. The van der Waals surface area contributed by atoms with Crippen molar-refractivity contribution in [3.8, 4) is 0 Å². The van der Waals surface area contributed by atoms with Gasteiger partial charge in [-0.3, -0.25) is 5.73 Å². The van der Waals surface area contributed by atoms with Crippen LogP contribution in [0, 0.1) is 0 Å². The Morgan fingerprint density at radius 2 is 2.09 bits per heavy atom. The summed E-state index contributed by atoms with van der Waals surface area (Å²) in [7, 11) is 0. The van der Waals surface area contributed by atoms with Gasteiger partial charge in [0.1, 0.15) is 5.36 Å². The van der Waals surface area contributed by atoms with Crippen molar-refractivity contribution < 1.29 is 4.79 Å². The molecule has 11 heavy (non-hydrogen) atoms. The smallest absolute Gasteiger partial charge is 0.299 e. The van der Waals surface area contributed by atoms with Gasteiger partial charge in [0.05, 0.1) is 11.0 Å². The van der Waals surface area contributed by atoms with E-state index < -0.39 is 6.03 Å². The maximum Gasteiger partial charge on any atom is 0.368 e. The first-order valence-electron chi connectivity index (χ1n) is 3.09. The fourth-order valence-electron chi connectivity index (χ4n) is 0.963. The highest BCUT2D eigenvalue weighted by Gasteiger charge is 2.05. The lowest BCUT2D eigenvalue weighted by Crippen LogP contribution is -2.21. The molecular weight excluding hydrogens is 142 g/mol. The van der Waals surface area contributed by atoms with Gasteiger partial charge in [0.25, 0.3) is 0 Å². The van der Waals surface area contributed by atoms with Gasteiger partial charge in [-0.2, -0.15) is 9.98 Å². The van der Waals surface area contributed by atoms with Crippen molar-refractivity contribution in [2.45, 2.75) is 0 Å². The highest BCUT2D eigenvalue weighted by Crippen LogP contribution is 1.93. The zero-order chi connectivity index (χ0) is 7.84. The predicted molar refractivity (Wildman–Crippen MR) is 36.9 cm³/mol. The van der Waals surface area contributed by atoms with E-state index in [4.69, 9.17) is 5.73 Å². The Bertz CT molecular complexity index is 435. The molecule has 0 bridgehead atoms. The van der Waals surface area contributed by atoms with Gasteiger partial charge in [0.2, 0.25) is 0 Å². The van der Waals surface area contributed by atoms with E-state index in [0.29, 0.717) is 10.7 Å². The number of amides is 2. The maximum absolute atomic E-state index is 10.6. The van der Waals surface area contributed by atoms with Crippen LogP contribution in [0.2, 0.25) is 0 Å².